The molecule has 5 rings (SSSR count). The number of para-hydroxylation sites is 2. The van der Waals surface area contributed by atoms with Crippen molar-refractivity contribution in [2.75, 3.05) is 19.5 Å². The summed E-state index contributed by atoms with van der Waals surface area (Å²) < 4.78 is 18.6. The third-order valence-corrected chi connectivity index (χ3v) is 6.36. The van der Waals surface area contributed by atoms with Gasteiger partial charge in [-0.15, -0.1) is 0 Å². The minimum Gasteiger partial charge on any atom is -0.497 e. The van der Waals surface area contributed by atoms with E-state index in [0.29, 0.717) is 34.2 Å². The van der Waals surface area contributed by atoms with Gasteiger partial charge in [0, 0.05) is 5.75 Å². The molecule has 0 fully saturated rings. The fraction of sp³-hybridized carbons (Fsp3) is 0.103. The van der Waals surface area contributed by atoms with Crippen LogP contribution in [0.2, 0.25) is 0 Å². The van der Waals surface area contributed by atoms with Crippen molar-refractivity contribution >= 4 is 22.7 Å². The SMILES string of the molecule is COc1ccc(OCCSc2nc3ccccc3c(=O)n2-c2ccc(Oc3ccccc3)cc2)cc1. The lowest BCUT2D eigenvalue weighted by molar-refractivity contribution is 0.342. The third kappa shape index (κ3) is 5.37. The Hall–Kier alpha value is -4.23. The van der Waals surface area contributed by atoms with E-state index >= 15 is 0 Å². The summed E-state index contributed by atoms with van der Waals surface area (Å²) in [7, 11) is 1.63. The van der Waals surface area contributed by atoms with E-state index in [1.54, 1.807) is 17.7 Å². The average molecular weight is 497 g/mol. The molecule has 7 heteroatoms. The Morgan fingerprint density at radius 2 is 1.39 bits per heavy atom. The first-order valence-corrected chi connectivity index (χ1v) is 12.4. The van der Waals surface area contributed by atoms with Crippen LogP contribution in [0.4, 0.5) is 0 Å². The van der Waals surface area contributed by atoms with Gasteiger partial charge in [-0.2, -0.15) is 0 Å². The molecule has 6 nitrogen and oxygen atoms in total. The highest BCUT2D eigenvalue weighted by atomic mass is 32.2. The van der Waals surface area contributed by atoms with Crippen LogP contribution in [-0.2, 0) is 0 Å². The highest BCUT2D eigenvalue weighted by Gasteiger charge is 2.14. The molecule has 0 aliphatic heterocycles. The van der Waals surface area contributed by atoms with Crippen molar-refractivity contribution in [1.82, 2.24) is 9.55 Å². The van der Waals surface area contributed by atoms with Gasteiger partial charge in [-0.25, -0.2) is 4.98 Å². The lowest BCUT2D eigenvalue weighted by Gasteiger charge is -2.14. The molecule has 0 aliphatic carbocycles. The van der Waals surface area contributed by atoms with Gasteiger partial charge in [-0.3, -0.25) is 9.36 Å². The number of aromatic nitrogens is 2. The lowest BCUT2D eigenvalue weighted by atomic mass is 10.2. The molecule has 0 saturated carbocycles. The Kier molecular flexibility index (Phi) is 7.19. The Bertz CT molecular complexity index is 1500. The van der Waals surface area contributed by atoms with E-state index < -0.39 is 0 Å². The molecule has 4 aromatic carbocycles. The van der Waals surface area contributed by atoms with Crippen LogP contribution < -0.4 is 19.8 Å². The summed E-state index contributed by atoms with van der Waals surface area (Å²) in [6.07, 6.45) is 0. The molecule has 1 aromatic heterocycles. The second kappa shape index (κ2) is 11.0. The number of hydrogen-bond acceptors (Lipinski definition) is 6. The number of hydrogen-bond donors (Lipinski definition) is 0. The maximum atomic E-state index is 13.5. The summed E-state index contributed by atoms with van der Waals surface area (Å²) >= 11 is 1.48. The van der Waals surface area contributed by atoms with Gasteiger partial charge in [-0.1, -0.05) is 42.1 Å². The van der Waals surface area contributed by atoms with Gasteiger partial charge < -0.3 is 14.2 Å². The molecule has 0 amide bonds. The van der Waals surface area contributed by atoms with Crippen molar-refractivity contribution in [1.29, 1.82) is 0 Å². The maximum Gasteiger partial charge on any atom is 0.266 e. The molecule has 0 N–H and O–H groups in total. The summed E-state index contributed by atoms with van der Waals surface area (Å²) in [5.74, 6) is 3.60. The van der Waals surface area contributed by atoms with Gasteiger partial charge in [-0.05, 0) is 72.8 Å². The van der Waals surface area contributed by atoms with E-state index in [1.807, 2.05) is 97.1 Å². The standard InChI is InChI=1S/C29H24N2O4S/c1-33-22-15-17-23(18-16-22)34-19-20-36-29-30-27-10-6-5-9-26(27)28(32)31(29)21-11-13-25(14-12-21)35-24-7-3-2-4-8-24/h2-18H,19-20H2,1H3. The van der Waals surface area contributed by atoms with Gasteiger partial charge in [0.05, 0.1) is 30.3 Å². The number of methoxy groups -OCH3 is 1. The molecule has 0 bridgehead atoms. The van der Waals surface area contributed by atoms with Crippen molar-refractivity contribution in [2.45, 2.75) is 5.16 Å². The lowest BCUT2D eigenvalue weighted by Crippen LogP contribution is -2.22. The number of rotatable bonds is 9. The van der Waals surface area contributed by atoms with Crippen molar-refractivity contribution < 1.29 is 14.2 Å². The molecular weight excluding hydrogens is 472 g/mol. The minimum absolute atomic E-state index is 0.115. The van der Waals surface area contributed by atoms with E-state index in [2.05, 4.69) is 0 Å². The average Bonchev–Trinajstić information content (AvgIpc) is 2.93. The smallest absolute Gasteiger partial charge is 0.266 e. The molecular formula is C29H24N2O4S. The summed E-state index contributed by atoms with van der Waals surface area (Å²) in [5.41, 5.74) is 1.27. The summed E-state index contributed by atoms with van der Waals surface area (Å²) in [5, 5.41) is 1.18. The van der Waals surface area contributed by atoms with Crippen LogP contribution in [-0.4, -0.2) is 29.0 Å². The van der Waals surface area contributed by atoms with Crippen LogP contribution in [0, 0.1) is 0 Å². The van der Waals surface area contributed by atoms with Crippen LogP contribution in [0.1, 0.15) is 0 Å². The summed E-state index contributed by atoms with van der Waals surface area (Å²) in [6.45, 7) is 0.462. The van der Waals surface area contributed by atoms with Crippen LogP contribution in [0.25, 0.3) is 16.6 Å². The third-order valence-electron chi connectivity index (χ3n) is 5.46. The Morgan fingerprint density at radius 3 is 2.14 bits per heavy atom. The highest BCUT2D eigenvalue weighted by molar-refractivity contribution is 7.99. The molecule has 0 spiro atoms. The molecule has 0 aliphatic rings. The molecule has 0 radical (unpaired) electrons. The minimum atomic E-state index is -0.115. The molecule has 0 atom stereocenters. The van der Waals surface area contributed by atoms with Gasteiger partial charge in [0.25, 0.3) is 5.56 Å². The van der Waals surface area contributed by atoms with Crippen LogP contribution in [0.3, 0.4) is 0 Å². The quantitative estimate of drug-likeness (QED) is 0.134. The molecule has 0 unspecified atom stereocenters. The van der Waals surface area contributed by atoms with E-state index in [4.69, 9.17) is 19.2 Å². The number of fused-ring (bicyclic) bond motifs is 1. The Morgan fingerprint density at radius 1 is 0.750 bits per heavy atom. The largest absolute Gasteiger partial charge is 0.497 e. The van der Waals surface area contributed by atoms with E-state index in [0.717, 1.165) is 22.9 Å². The first-order chi connectivity index (χ1) is 17.7. The first-order valence-electron chi connectivity index (χ1n) is 11.5. The van der Waals surface area contributed by atoms with Crippen molar-refractivity contribution in [3.63, 3.8) is 0 Å². The Labute approximate surface area is 213 Å². The van der Waals surface area contributed by atoms with Gasteiger partial charge >= 0.3 is 0 Å². The predicted molar refractivity (Wildman–Crippen MR) is 143 cm³/mol. The zero-order chi connectivity index (χ0) is 24.7. The number of benzene rings is 4. The second-order valence-corrected chi connectivity index (χ2v) is 8.90. The molecule has 180 valence electrons. The van der Waals surface area contributed by atoms with Gasteiger partial charge in [0.15, 0.2) is 5.16 Å². The number of nitrogens with zero attached hydrogens (tertiary/aromatic N) is 2. The zero-order valence-corrected chi connectivity index (χ0v) is 20.5. The van der Waals surface area contributed by atoms with E-state index in [1.165, 1.54) is 11.8 Å². The van der Waals surface area contributed by atoms with Gasteiger partial charge in [0.1, 0.15) is 23.0 Å². The Balaban J connectivity index is 1.38. The summed E-state index contributed by atoms with van der Waals surface area (Å²) in [4.78, 5) is 18.3. The van der Waals surface area contributed by atoms with Crippen LogP contribution >= 0.6 is 11.8 Å². The molecule has 1 heterocycles. The maximum absolute atomic E-state index is 13.5. The number of thioether (sulfide) groups is 1. The zero-order valence-electron chi connectivity index (χ0n) is 19.7. The topological polar surface area (TPSA) is 62.6 Å². The summed E-state index contributed by atoms with van der Waals surface area (Å²) in [6, 6.07) is 31.9. The monoisotopic (exact) mass is 496 g/mol. The second-order valence-electron chi connectivity index (χ2n) is 7.83. The first kappa shape index (κ1) is 23.5. The fourth-order valence-corrected chi connectivity index (χ4v) is 4.52. The normalized spacial score (nSPS) is 10.8. The molecule has 0 saturated heterocycles. The van der Waals surface area contributed by atoms with E-state index in [-0.39, 0.29) is 5.56 Å². The highest BCUT2D eigenvalue weighted by Crippen LogP contribution is 2.25. The van der Waals surface area contributed by atoms with Crippen molar-refractivity contribution in [3.8, 4) is 28.7 Å². The number of ether oxygens (including phenoxy) is 3. The van der Waals surface area contributed by atoms with E-state index in [9.17, 15) is 4.79 Å². The molecule has 36 heavy (non-hydrogen) atoms. The predicted octanol–water partition coefficient (Wildman–Crippen LogP) is 6.36. The van der Waals surface area contributed by atoms with Crippen LogP contribution in [0.5, 0.6) is 23.0 Å². The fourth-order valence-electron chi connectivity index (χ4n) is 3.69. The van der Waals surface area contributed by atoms with Crippen molar-refractivity contribution in [3.05, 3.63) is 113 Å². The molecule has 5 aromatic rings. The van der Waals surface area contributed by atoms with Crippen LogP contribution in [0.15, 0.2) is 113 Å². The van der Waals surface area contributed by atoms with Gasteiger partial charge in [0.2, 0.25) is 0 Å². The van der Waals surface area contributed by atoms with Crippen molar-refractivity contribution in [2.24, 2.45) is 0 Å².